The van der Waals surface area contributed by atoms with Crippen molar-refractivity contribution in [1.82, 2.24) is 8.87 Å². The smallest absolute Gasteiger partial charge is 0.245 e. The number of nitrogens with zero attached hydrogens (tertiary/aromatic N) is 2. The molecule has 0 aliphatic carbocycles. The molecule has 0 radical (unpaired) electrons. The van der Waals surface area contributed by atoms with Crippen LogP contribution in [0.5, 0.6) is 5.75 Å². The van der Waals surface area contributed by atoms with Crippen LogP contribution in [0, 0.1) is 5.82 Å². The molecule has 0 atom stereocenters. The Hall–Kier alpha value is -2.84. The Labute approximate surface area is 174 Å². The Morgan fingerprint density at radius 1 is 1.07 bits per heavy atom. The van der Waals surface area contributed by atoms with Crippen LogP contribution in [0.1, 0.15) is 18.5 Å². The summed E-state index contributed by atoms with van der Waals surface area (Å²) in [7, 11) is -2.25. The average Bonchev–Trinajstić information content (AvgIpc) is 3.25. The van der Waals surface area contributed by atoms with E-state index in [1.54, 1.807) is 13.2 Å². The van der Waals surface area contributed by atoms with Gasteiger partial charge in [0.15, 0.2) is 0 Å². The minimum Gasteiger partial charge on any atom is -0.497 e. The van der Waals surface area contributed by atoms with E-state index in [9.17, 15) is 12.8 Å². The number of nitrogens with one attached hydrogen (secondary N) is 1. The first-order valence-corrected chi connectivity index (χ1v) is 11.3. The Bertz CT molecular complexity index is 1210. The third-order valence-corrected chi connectivity index (χ3v) is 8.04. The van der Waals surface area contributed by atoms with Crippen molar-refractivity contribution in [2.75, 3.05) is 25.5 Å². The monoisotopic (exact) mass is 427 g/mol. The van der Waals surface area contributed by atoms with Gasteiger partial charge >= 0.3 is 0 Å². The highest BCUT2D eigenvalue weighted by Crippen LogP contribution is 2.45. The Morgan fingerprint density at radius 2 is 1.83 bits per heavy atom. The molecule has 2 aliphatic heterocycles. The van der Waals surface area contributed by atoms with Gasteiger partial charge in [-0.15, -0.1) is 0 Å². The fourth-order valence-electron chi connectivity index (χ4n) is 4.54. The normalized spacial score (nSPS) is 17.8. The van der Waals surface area contributed by atoms with Gasteiger partial charge in [0.1, 0.15) is 16.5 Å². The molecule has 1 N–H and O–H groups in total. The Balaban J connectivity index is 1.47. The molecule has 1 aromatic heterocycles. The summed E-state index contributed by atoms with van der Waals surface area (Å²) < 4.78 is 49.1. The lowest BCUT2D eigenvalue weighted by molar-refractivity contribution is 0.247. The highest BCUT2D eigenvalue weighted by Gasteiger charge is 2.44. The van der Waals surface area contributed by atoms with Gasteiger partial charge in [-0.1, -0.05) is 12.1 Å². The van der Waals surface area contributed by atoms with Crippen LogP contribution in [-0.2, 0) is 15.6 Å². The molecular formula is C22H22FN3O3S. The van der Waals surface area contributed by atoms with Crippen molar-refractivity contribution >= 4 is 15.7 Å². The number of hydrogen-bond donors (Lipinski definition) is 1. The van der Waals surface area contributed by atoms with E-state index in [1.807, 2.05) is 30.5 Å². The van der Waals surface area contributed by atoms with Crippen molar-refractivity contribution in [3.05, 3.63) is 72.3 Å². The fourth-order valence-corrected chi connectivity index (χ4v) is 6.04. The SMILES string of the molecule is COc1ccc2c(c1)NC1(CCN(S(=O)(=O)c3ccccc3F)CC1)c1cccn1-2. The standard InChI is InChI=1S/C22H22FN3O3S/c1-29-16-8-9-19-18(15-16)24-22(21-7-4-12-26(19)21)10-13-25(14-11-22)30(27,28)20-6-3-2-5-17(20)23/h2-9,12,15,24H,10-11,13-14H2,1H3. The average molecular weight is 428 g/mol. The number of sulfonamides is 1. The highest BCUT2D eigenvalue weighted by molar-refractivity contribution is 7.89. The number of methoxy groups -OCH3 is 1. The second-order valence-electron chi connectivity index (χ2n) is 7.69. The maximum atomic E-state index is 14.1. The summed E-state index contributed by atoms with van der Waals surface area (Å²) >= 11 is 0. The van der Waals surface area contributed by atoms with Gasteiger partial charge in [0.25, 0.3) is 0 Å². The van der Waals surface area contributed by atoms with Gasteiger partial charge in [0.05, 0.1) is 24.0 Å². The molecule has 2 aromatic carbocycles. The van der Waals surface area contributed by atoms with E-state index in [2.05, 4.69) is 16.0 Å². The van der Waals surface area contributed by atoms with E-state index in [4.69, 9.17) is 4.74 Å². The number of aromatic nitrogens is 1. The van der Waals surface area contributed by atoms with E-state index < -0.39 is 21.4 Å². The molecule has 30 heavy (non-hydrogen) atoms. The van der Waals surface area contributed by atoms with E-state index >= 15 is 0 Å². The zero-order chi connectivity index (χ0) is 20.9. The molecule has 0 saturated carbocycles. The topological polar surface area (TPSA) is 63.6 Å². The van der Waals surface area contributed by atoms with Crippen molar-refractivity contribution in [2.24, 2.45) is 0 Å². The largest absolute Gasteiger partial charge is 0.497 e. The number of piperidine rings is 1. The number of rotatable bonds is 3. The fraction of sp³-hybridized carbons (Fsp3) is 0.273. The molecule has 0 unspecified atom stereocenters. The predicted molar refractivity (Wildman–Crippen MR) is 112 cm³/mol. The summed E-state index contributed by atoms with van der Waals surface area (Å²) in [5.74, 6) is 0.0371. The summed E-state index contributed by atoms with van der Waals surface area (Å²) in [4.78, 5) is -0.268. The number of halogens is 1. The number of fused-ring (bicyclic) bond motifs is 4. The lowest BCUT2D eigenvalue weighted by Gasteiger charge is -2.45. The summed E-state index contributed by atoms with van der Waals surface area (Å²) in [6.07, 6.45) is 3.16. The van der Waals surface area contributed by atoms with E-state index in [0.717, 1.165) is 22.8 Å². The van der Waals surface area contributed by atoms with Crippen LogP contribution in [0.3, 0.4) is 0 Å². The molecular weight excluding hydrogens is 405 g/mol. The van der Waals surface area contributed by atoms with Gasteiger partial charge in [0.2, 0.25) is 10.0 Å². The van der Waals surface area contributed by atoms with E-state index in [0.29, 0.717) is 25.9 Å². The number of benzene rings is 2. The first-order valence-electron chi connectivity index (χ1n) is 9.84. The van der Waals surface area contributed by atoms with Gasteiger partial charge in [0, 0.05) is 31.0 Å². The molecule has 1 saturated heterocycles. The summed E-state index contributed by atoms with van der Waals surface area (Å²) in [6.45, 7) is 0.600. The predicted octanol–water partition coefficient (Wildman–Crippen LogP) is 3.73. The van der Waals surface area contributed by atoms with Gasteiger partial charge in [-0.25, -0.2) is 12.8 Å². The van der Waals surface area contributed by atoms with E-state index in [-0.39, 0.29) is 4.90 Å². The van der Waals surface area contributed by atoms with Crippen LogP contribution in [0.25, 0.3) is 5.69 Å². The molecule has 0 bridgehead atoms. The number of ether oxygens (including phenoxy) is 1. The van der Waals surface area contributed by atoms with Crippen molar-refractivity contribution in [1.29, 1.82) is 0 Å². The maximum Gasteiger partial charge on any atom is 0.245 e. The van der Waals surface area contributed by atoms with Crippen LogP contribution < -0.4 is 10.1 Å². The highest BCUT2D eigenvalue weighted by atomic mass is 32.2. The molecule has 156 valence electrons. The van der Waals surface area contributed by atoms with Crippen molar-refractivity contribution in [3.8, 4) is 11.4 Å². The van der Waals surface area contributed by atoms with Gasteiger partial charge in [-0.2, -0.15) is 4.31 Å². The third-order valence-electron chi connectivity index (χ3n) is 6.11. The summed E-state index contributed by atoms with van der Waals surface area (Å²) in [6, 6.07) is 15.5. The second kappa shape index (κ2) is 6.85. The van der Waals surface area contributed by atoms with Crippen LogP contribution in [0.2, 0.25) is 0 Å². The molecule has 5 rings (SSSR count). The maximum absolute atomic E-state index is 14.1. The summed E-state index contributed by atoms with van der Waals surface area (Å²) in [5.41, 5.74) is 2.68. The van der Waals surface area contributed by atoms with Crippen molar-refractivity contribution < 1.29 is 17.5 Å². The quantitative estimate of drug-likeness (QED) is 0.692. The van der Waals surface area contributed by atoms with Crippen LogP contribution >= 0.6 is 0 Å². The zero-order valence-corrected chi connectivity index (χ0v) is 17.3. The minimum atomic E-state index is -3.88. The van der Waals surface area contributed by atoms with E-state index in [1.165, 1.54) is 22.5 Å². The van der Waals surface area contributed by atoms with Gasteiger partial charge < -0.3 is 14.6 Å². The molecule has 8 heteroatoms. The Morgan fingerprint density at radius 3 is 2.57 bits per heavy atom. The lowest BCUT2D eigenvalue weighted by atomic mass is 9.83. The molecule has 3 heterocycles. The lowest BCUT2D eigenvalue weighted by Crippen LogP contribution is -2.51. The van der Waals surface area contributed by atoms with Crippen LogP contribution in [0.15, 0.2) is 65.7 Å². The van der Waals surface area contributed by atoms with Gasteiger partial charge in [-0.3, -0.25) is 0 Å². The zero-order valence-electron chi connectivity index (χ0n) is 16.5. The van der Waals surface area contributed by atoms with Crippen LogP contribution in [0.4, 0.5) is 10.1 Å². The molecule has 0 amide bonds. The molecule has 1 spiro atoms. The van der Waals surface area contributed by atoms with Crippen LogP contribution in [-0.4, -0.2) is 37.5 Å². The summed E-state index contributed by atoms with van der Waals surface area (Å²) in [5, 5.41) is 3.66. The number of hydrogen-bond acceptors (Lipinski definition) is 4. The first kappa shape index (κ1) is 19.1. The molecule has 3 aromatic rings. The molecule has 6 nitrogen and oxygen atoms in total. The number of anilines is 1. The molecule has 2 aliphatic rings. The molecule has 1 fully saturated rings. The Kier molecular flexibility index (Phi) is 4.37. The van der Waals surface area contributed by atoms with Crippen molar-refractivity contribution in [2.45, 2.75) is 23.3 Å². The second-order valence-corrected chi connectivity index (χ2v) is 9.59. The minimum absolute atomic E-state index is 0.268. The van der Waals surface area contributed by atoms with Gasteiger partial charge in [-0.05, 0) is 49.2 Å². The first-order chi connectivity index (χ1) is 14.4. The third kappa shape index (κ3) is 2.82. The van der Waals surface area contributed by atoms with Crippen molar-refractivity contribution in [3.63, 3.8) is 0 Å².